The molecule has 1 fully saturated rings. The van der Waals surface area contributed by atoms with Crippen molar-refractivity contribution in [3.63, 3.8) is 0 Å². The first kappa shape index (κ1) is 12.8. The van der Waals surface area contributed by atoms with Crippen LogP contribution in [0, 0.1) is 13.8 Å². The van der Waals surface area contributed by atoms with Gasteiger partial charge in [0.1, 0.15) is 6.79 Å². The first-order chi connectivity index (χ1) is 9.24. The van der Waals surface area contributed by atoms with Crippen LogP contribution in [0.15, 0.2) is 11.2 Å². The quantitative estimate of drug-likeness (QED) is 0.796. The lowest BCUT2D eigenvalue weighted by Gasteiger charge is -2.21. The minimum Gasteiger partial charge on any atom is -0.355 e. The summed E-state index contributed by atoms with van der Waals surface area (Å²) in [6.07, 6.45) is 1.16. The fourth-order valence-electron chi connectivity index (χ4n) is 2.09. The van der Waals surface area contributed by atoms with Crippen molar-refractivity contribution in [1.82, 2.24) is 19.6 Å². The molecule has 0 spiro atoms. The second kappa shape index (κ2) is 5.44. The molecule has 1 aliphatic heterocycles. The summed E-state index contributed by atoms with van der Waals surface area (Å²) in [7, 11) is 0. The minimum atomic E-state index is 0.227. The Morgan fingerprint density at radius 1 is 1.42 bits per heavy atom. The molecule has 1 saturated heterocycles. The summed E-state index contributed by atoms with van der Waals surface area (Å²) in [6.45, 7) is 5.17. The molecule has 0 aliphatic carbocycles. The van der Waals surface area contributed by atoms with E-state index in [9.17, 15) is 0 Å². The van der Waals surface area contributed by atoms with E-state index in [2.05, 4.69) is 15.2 Å². The molecule has 0 saturated carbocycles. The number of ether oxygens (including phenoxy) is 2. The number of hydrogen-bond acceptors (Lipinski definition) is 6. The average Bonchev–Trinajstić information content (AvgIpc) is 2.81. The van der Waals surface area contributed by atoms with Gasteiger partial charge in [0.2, 0.25) is 0 Å². The van der Waals surface area contributed by atoms with Crippen molar-refractivity contribution in [1.29, 1.82) is 0 Å². The molecule has 7 heteroatoms. The molecule has 2 aromatic heterocycles. The van der Waals surface area contributed by atoms with Crippen LogP contribution in [0.4, 0.5) is 0 Å². The molecule has 3 heterocycles. The van der Waals surface area contributed by atoms with Crippen molar-refractivity contribution in [3.05, 3.63) is 17.5 Å². The summed E-state index contributed by atoms with van der Waals surface area (Å²) < 4.78 is 12.7. The van der Waals surface area contributed by atoms with Gasteiger partial charge in [-0.3, -0.25) is 4.40 Å². The van der Waals surface area contributed by atoms with Crippen LogP contribution in [0.25, 0.3) is 5.78 Å². The maximum absolute atomic E-state index is 5.52. The summed E-state index contributed by atoms with van der Waals surface area (Å²) in [5, 5.41) is 9.20. The lowest BCUT2D eigenvalue weighted by molar-refractivity contribution is -0.130. The largest absolute Gasteiger partial charge is 0.355 e. The lowest BCUT2D eigenvalue weighted by Crippen LogP contribution is -2.25. The highest BCUT2D eigenvalue weighted by molar-refractivity contribution is 7.99. The Morgan fingerprint density at radius 2 is 2.32 bits per heavy atom. The third-order valence-corrected chi connectivity index (χ3v) is 4.09. The zero-order chi connectivity index (χ0) is 13.2. The third kappa shape index (κ3) is 2.72. The van der Waals surface area contributed by atoms with Crippen LogP contribution in [0.1, 0.15) is 17.8 Å². The molecule has 0 radical (unpaired) electrons. The summed E-state index contributed by atoms with van der Waals surface area (Å²) in [5.41, 5.74) is 2.06. The molecule has 19 heavy (non-hydrogen) atoms. The SMILES string of the molecule is Cc1cc(C)n2c(SC[C@@H]3CCOCO3)nnc2n1. The summed E-state index contributed by atoms with van der Waals surface area (Å²) in [6, 6.07) is 2.03. The molecule has 0 N–H and O–H groups in total. The van der Waals surface area contributed by atoms with Gasteiger partial charge in [-0.15, -0.1) is 10.2 Å². The van der Waals surface area contributed by atoms with E-state index in [4.69, 9.17) is 9.47 Å². The Kier molecular flexibility index (Phi) is 3.67. The van der Waals surface area contributed by atoms with E-state index in [1.807, 2.05) is 24.3 Å². The van der Waals surface area contributed by atoms with Gasteiger partial charge in [-0.25, -0.2) is 4.98 Å². The van der Waals surface area contributed by atoms with E-state index in [1.165, 1.54) is 0 Å². The number of aryl methyl sites for hydroxylation is 2. The predicted octanol–water partition coefficient (Wildman–Crippen LogP) is 1.60. The third-order valence-electron chi connectivity index (χ3n) is 3.03. The van der Waals surface area contributed by atoms with Crippen molar-refractivity contribution in [3.8, 4) is 0 Å². The van der Waals surface area contributed by atoms with Gasteiger partial charge >= 0.3 is 0 Å². The monoisotopic (exact) mass is 280 g/mol. The molecule has 0 unspecified atom stereocenters. The molecule has 1 aliphatic rings. The van der Waals surface area contributed by atoms with Gasteiger partial charge in [0, 0.05) is 17.1 Å². The Bertz CT molecular complexity index is 580. The van der Waals surface area contributed by atoms with Crippen molar-refractivity contribution in [2.24, 2.45) is 0 Å². The minimum absolute atomic E-state index is 0.227. The van der Waals surface area contributed by atoms with Crippen molar-refractivity contribution < 1.29 is 9.47 Å². The fraction of sp³-hybridized carbons (Fsp3) is 0.583. The number of hydrogen-bond donors (Lipinski definition) is 0. The molecule has 1 atom stereocenters. The van der Waals surface area contributed by atoms with Crippen molar-refractivity contribution in [2.45, 2.75) is 31.5 Å². The molecule has 102 valence electrons. The van der Waals surface area contributed by atoms with E-state index in [1.54, 1.807) is 11.8 Å². The normalized spacial score (nSPS) is 20.0. The first-order valence-corrected chi connectivity index (χ1v) is 7.24. The second-order valence-corrected chi connectivity index (χ2v) is 5.56. The van der Waals surface area contributed by atoms with Crippen molar-refractivity contribution in [2.75, 3.05) is 19.2 Å². The van der Waals surface area contributed by atoms with Crippen LogP contribution in [0.3, 0.4) is 0 Å². The van der Waals surface area contributed by atoms with Gasteiger partial charge in [0.15, 0.2) is 5.16 Å². The zero-order valence-electron chi connectivity index (χ0n) is 11.0. The maximum atomic E-state index is 5.52. The smallest absolute Gasteiger partial charge is 0.256 e. The second-order valence-electron chi connectivity index (χ2n) is 4.57. The van der Waals surface area contributed by atoms with Gasteiger partial charge in [0.25, 0.3) is 5.78 Å². The number of rotatable bonds is 3. The van der Waals surface area contributed by atoms with Crippen LogP contribution >= 0.6 is 11.8 Å². The zero-order valence-corrected chi connectivity index (χ0v) is 11.8. The highest BCUT2D eigenvalue weighted by Gasteiger charge is 2.17. The van der Waals surface area contributed by atoms with Crippen LogP contribution < -0.4 is 0 Å². The predicted molar refractivity (Wildman–Crippen MR) is 71.3 cm³/mol. The maximum Gasteiger partial charge on any atom is 0.256 e. The number of thioether (sulfide) groups is 1. The summed E-state index contributed by atoms with van der Waals surface area (Å²) in [4.78, 5) is 4.38. The Balaban J connectivity index is 1.77. The average molecular weight is 280 g/mol. The van der Waals surface area contributed by atoms with Crippen LogP contribution in [0.5, 0.6) is 0 Å². The fourth-order valence-corrected chi connectivity index (χ4v) is 3.15. The molecule has 2 aromatic rings. The van der Waals surface area contributed by atoms with E-state index in [0.717, 1.165) is 35.3 Å². The van der Waals surface area contributed by atoms with Crippen LogP contribution in [0.2, 0.25) is 0 Å². The van der Waals surface area contributed by atoms with E-state index < -0.39 is 0 Å². The first-order valence-electron chi connectivity index (χ1n) is 6.25. The van der Waals surface area contributed by atoms with Gasteiger partial charge in [-0.1, -0.05) is 11.8 Å². The van der Waals surface area contributed by atoms with E-state index in [-0.39, 0.29) is 6.10 Å². The van der Waals surface area contributed by atoms with E-state index in [0.29, 0.717) is 12.6 Å². The standard InChI is InChI=1S/C12H16N4O2S/c1-8-5-9(2)16-11(13-8)14-15-12(16)19-6-10-3-4-17-7-18-10/h5,10H,3-4,6-7H2,1-2H3/t10-/m0/s1. The van der Waals surface area contributed by atoms with Gasteiger partial charge in [-0.05, 0) is 26.3 Å². The number of fused-ring (bicyclic) bond motifs is 1. The molecule has 3 rings (SSSR count). The van der Waals surface area contributed by atoms with Gasteiger partial charge < -0.3 is 9.47 Å². The molecule has 0 amide bonds. The van der Waals surface area contributed by atoms with Gasteiger partial charge in [0.05, 0.1) is 12.7 Å². The molecule has 0 aromatic carbocycles. The van der Waals surface area contributed by atoms with Crippen molar-refractivity contribution >= 4 is 17.5 Å². The molecule has 6 nitrogen and oxygen atoms in total. The lowest BCUT2D eigenvalue weighted by atomic mass is 10.3. The topological polar surface area (TPSA) is 61.5 Å². The molecule has 0 bridgehead atoms. The summed E-state index contributed by atoms with van der Waals surface area (Å²) >= 11 is 1.65. The Labute approximate surface area is 115 Å². The molecular formula is C12H16N4O2S. The Morgan fingerprint density at radius 3 is 3.11 bits per heavy atom. The Hall–Kier alpha value is -1.18. The number of nitrogens with zero attached hydrogens (tertiary/aromatic N) is 4. The highest BCUT2D eigenvalue weighted by atomic mass is 32.2. The van der Waals surface area contributed by atoms with Gasteiger partial charge in [-0.2, -0.15) is 0 Å². The number of aromatic nitrogens is 4. The molecular weight excluding hydrogens is 264 g/mol. The van der Waals surface area contributed by atoms with Crippen LogP contribution in [-0.4, -0.2) is 44.8 Å². The highest BCUT2D eigenvalue weighted by Crippen LogP contribution is 2.21. The summed E-state index contributed by atoms with van der Waals surface area (Å²) in [5.74, 6) is 1.52. The van der Waals surface area contributed by atoms with E-state index >= 15 is 0 Å². The van der Waals surface area contributed by atoms with Crippen LogP contribution in [-0.2, 0) is 9.47 Å².